The summed E-state index contributed by atoms with van der Waals surface area (Å²) in [6.45, 7) is 0.451. The lowest BCUT2D eigenvalue weighted by Crippen LogP contribution is -2.37. The van der Waals surface area contributed by atoms with Gasteiger partial charge in [0.1, 0.15) is 6.04 Å². The standard InChI is InChI=1S/C5H10N2O/c1-3-5(7-6)4-8-2/h1,5,7H,4,6H2,2H3. The minimum absolute atomic E-state index is 0.167. The molecule has 0 aliphatic rings. The van der Waals surface area contributed by atoms with Crippen molar-refractivity contribution in [3.63, 3.8) is 0 Å². The molecule has 0 saturated heterocycles. The zero-order chi connectivity index (χ0) is 6.41. The normalized spacial score (nSPS) is 12.6. The van der Waals surface area contributed by atoms with Crippen molar-refractivity contribution >= 4 is 0 Å². The molecule has 1 unspecified atom stereocenters. The number of hydrazine groups is 1. The molecule has 0 spiro atoms. The molecule has 46 valence electrons. The number of terminal acetylenes is 1. The summed E-state index contributed by atoms with van der Waals surface area (Å²) in [5, 5.41) is 0. The van der Waals surface area contributed by atoms with Crippen LogP contribution in [0.5, 0.6) is 0 Å². The van der Waals surface area contributed by atoms with Crippen LogP contribution in [-0.2, 0) is 4.74 Å². The smallest absolute Gasteiger partial charge is 0.105 e. The summed E-state index contributed by atoms with van der Waals surface area (Å²) >= 11 is 0. The molecule has 0 aromatic carbocycles. The molecule has 0 aliphatic heterocycles. The fourth-order valence-electron chi connectivity index (χ4n) is 0.311. The predicted octanol–water partition coefficient (Wildman–Crippen LogP) is -0.902. The molecular formula is C5H10N2O. The van der Waals surface area contributed by atoms with Crippen LogP contribution < -0.4 is 11.3 Å². The molecule has 0 rings (SSSR count). The van der Waals surface area contributed by atoms with Crippen LogP contribution in [0, 0.1) is 12.3 Å². The van der Waals surface area contributed by atoms with Crippen LogP contribution in [0.4, 0.5) is 0 Å². The van der Waals surface area contributed by atoms with E-state index in [1.807, 2.05) is 0 Å². The summed E-state index contributed by atoms with van der Waals surface area (Å²) in [5.41, 5.74) is 2.39. The lowest BCUT2D eigenvalue weighted by molar-refractivity contribution is 0.183. The van der Waals surface area contributed by atoms with Crippen molar-refractivity contribution in [3.05, 3.63) is 0 Å². The number of hydrogen-bond acceptors (Lipinski definition) is 3. The molecule has 3 nitrogen and oxygen atoms in total. The van der Waals surface area contributed by atoms with Crippen LogP contribution in [0.25, 0.3) is 0 Å². The number of nitrogens with two attached hydrogens (primary N) is 1. The van der Waals surface area contributed by atoms with E-state index in [9.17, 15) is 0 Å². The van der Waals surface area contributed by atoms with Crippen molar-refractivity contribution in [1.29, 1.82) is 0 Å². The van der Waals surface area contributed by atoms with Crippen LogP contribution in [0.1, 0.15) is 0 Å². The molecule has 8 heavy (non-hydrogen) atoms. The fraction of sp³-hybridized carbons (Fsp3) is 0.600. The van der Waals surface area contributed by atoms with Gasteiger partial charge >= 0.3 is 0 Å². The Kier molecular flexibility index (Phi) is 4.27. The largest absolute Gasteiger partial charge is 0.382 e. The second-order valence-electron chi connectivity index (χ2n) is 1.34. The van der Waals surface area contributed by atoms with Crippen molar-refractivity contribution in [2.24, 2.45) is 5.84 Å². The summed E-state index contributed by atoms with van der Waals surface area (Å²) in [6.07, 6.45) is 5.00. The summed E-state index contributed by atoms with van der Waals surface area (Å²) < 4.78 is 4.70. The monoisotopic (exact) mass is 114 g/mol. The van der Waals surface area contributed by atoms with Crippen LogP contribution in [0.2, 0.25) is 0 Å². The average molecular weight is 114 g/mol. The molecule has 0 amide bonds. The van der Waals surface area contributed by atoms with Crippen molar-refractivity contribution in [3.8, 4) is 12.3 Å². The highest BCUT2D eigenvalue weighted by Gasteiger charge is 1.96. The second kappa shape index (κ2) is 4.60. The van der Waals surface area contributed by atoms with E-state index in [1.165, 1.54) is 0 Å². The number of hydrogen-bond donors (Lipinski definition) is 2. The fourth-order valence-corrected chi connectivity index (χ4v) is 0.311. The first-order chi connectivity index (χ1) is 3.85. The number of methoxy groups -OCH3 is 1. The van der Waals surface area contributed by atoms with Gasteiger partial charge in [-0.3, -0.25) is 5.84 Å². The van der Waals surface area contributed by atoms with Gasteiger partial charge in [0.15, 0.2) is 0 Å². The summed E-state index contributed by atoms with van der Waals surface area (Å²) in [6, 6.07) is -0.167. The third kappa shape index (κ3) is 2.59. The van der Waals surface area contributed by atoms with E-state index < -0.39 is 0 Å². The second-order valence-corrected chi connectivity index (χ2v) is 1.34. The zero-order valence-corrected chi connectivity index (χ0v) is 4.85. The van der Waals surface area contributed by atoms with E-state index in [-0.39, 0.29) is 6.04 Å². The van der Waals surface area contributed by atoms with Crippen LogP contribution in [0.3, 0.4) is 0 Å². The molecule has 1 atom stereocenters. The van der Waals surface area contributed by atoms with Gasteiger partial charge in [0.2, 0.25) is 0 Å². The van der Waals surface area contributed by atoms with Crippen molar-refractivity contribution < 1.29 is 4.74 Å². The first-order valence-electron chi connectivity index (χ1n) is 2.26. The van der Waals surface area contributed by atoms with Crippen LogP contribution >= 0.6 is 0 Å². The first-order valence-corrected chi connectivity index (χ1v) is 2.26. The zero-order valence-electron chi connectivity index (χ0n) is 4.85. The summed E-state index contributed by atoms with van der Waals surface area (Å²) in [5.74, 6) is 7.39. The van der Waals surface area contributed by atoms with E-state index in [2.05, 4.69) is 11.3 Å². The number of rotatable bonds is 3. The van der Waals surface area contributed by atoms with Gasteiger partial charge < -0.3 is 4.74 Å². The maximum Gasteiger partial charge on any atom is 0.105 e. The van der Waals surface area contributed by atoms with Crippen LogP contribution in [-0.4, -0.2) is 19.8 Å². The third-order valence-electron chi connectivity index (χ3n) is 0.736. The van der Waals surface area contributed by atoms with E-state index in [0.717, 1.165) is 0 Å². The molecule has 0 saturated carbocycles. The number of ether oxygens (including phenoxy) is 1. The highest BCUT2D eigenvalue weighted by molar-refractivity contribution is 4.97. The minimum Gasteiger partial charge on any atom is -0.382 e. The number of nitrogens with one attached hydrogen (secondary N) is 1. The summed E-state index contributed by atoms with van der Waals surface area (Å²) in [7, 11) is 1.57. The van der Waals surface area contributed by atoms with E-state index in [4.69, 9.17) is 17.0 Å². The molecule has 0 fully saturated rings. The highest BCUT2D eigenvalue weighted by Crippen LogP contribution is 1.76. The van der Waals surface area contributed by atoms with Gasteiger partial charge in [-0.2, -0.15) is 0 Å². The Hall–Kier alpha value is -0.560. The van der Waals surface area contributed by atoms with Gasteiger partial charge in [-0.25, -0.2) is 5.43 Å². The quantitative estimate of drug-likeness (QED) is 0.284. The molecule has 0 heterocycles. The van der Waals surface area contributed by atoms with Gasteiger partial charge in [-0.15, -0.1) is 6.42 Å². The first kappa shape index (κ1) is 7.44. The third-order valence-corrected chi connectivity index (χ3v) is 0.736. The molecule has 3 heteroatoms. The Bertz CT molecular complexity index is 86.9. The topological polar surface area (TPSA) is 47.3 Å². The van der Waals surface area contributed by atoms with Gasteiger partial charge in [0.05, 0.1) is 6.61 Å². The Morgan fingerprint density at radius 2 is 2.62 bits per heavy atom. The van der Waals surface area contributed by atoms with E-state index in [0.29, 0.717) is 6.61 Å². The Morgan fingerprint density at radius 1 is 2.00 bits per heavy atom. The van der Waals surface area contributed by atoms with Crippen LogP contribution in [0.15, 0.2) is 0 Å². The average Bonchev–Trinajstić information content (AvgIpc) is 1.83. The van der Waals surface area contributed by atoms with Crippen molar-refractivity contribution in [2.75, 3.05) is 13.7 Å². The molecule has 0 aromatic rings. The lowest BCUT2D eigenvalue weighted by Gasteiger charge is -2.04. The summed E-state index contributed by atoms with van der Waals surface area (Å²) in [4.78, 5) is 0. The predicted molar refractivity (Wildman–Crippen MR) is 31.8 cm³/mol. The van der Waals surface area contributed by atoms with E-state index in [1.54, 1.807) is 7.11 Å². The maximum absolute atomic E-state index is 5.00. The molecule has 0 bridgehead atoms. The van der Waals surface area contributed by atoms with Gasteiger partial charge in [-0.05, 0) is 0 Å². The van der Waals surface area contributed by atoms with Crippen molar-refractivity contribution in [1.82, 2.24) is 5.43 Å². The van der Waals surface area contributed by atoms with Crippen molar-refractivity contribution in [2.45, 2.75) is 6.04 Å². The van der Waals surface area contributed by atoms with Gasteiger partial charge in [-0.1, -0.05) is 5.92 Å². The molecule has 0 radical (unpaired) electrons. The minimum atomic E-state index is -0.167. The molecular weight excluding hydrogens is 104 g/mol. The molecule has 3 N–H and O–H groups in total. The Morgan fingerprint density at radius 3 is 2.75 bits per heavy atom. The van der Waals surface area contributed by atoms with Gasteiger partial charge in [0.25, 0.3) is 0 Å². The Balaban J connectivity index is 3.26. The van der Waals surface area contributed by atoms with E-state index >= 15 is 0 Å². The molecule has 0 aromatic heterocycles. The lowest BCUT2D eigenvalue weighted by atomic mass is 10.3. The SMILES string of the molecule is C#CC(COC)NN. The Labute approximate surface area is 49.2 Å². The van der Waals surface area contributed by atoms with Gasteiger partial charge in [0, 0.05) is 7.11 Å². The maximum atomic E-state index is 5.00. The highest BCUT2D eigenvalue weighted by atomic mass is 16.5. The molecule has 0 aliphatic carbocycles.